The largest absolute Gasteiger partial charge is 0.493 e. The molecule has 0 saturated carbocycles. The Morgan fingerprint density at radius 3 is 2.00 bits per heavy atom. The highest BCUT2D eigenvalue weighted by Gasteiger charge is 2.09. The molecule has 0 aliphatic heterocycles. The highest BCUT2D eigenvalue weighted by Crippen LogP contribution is 2.15. The van der Waals surface area contributed by atoms with Crippen LogP contribution in [0.1, 0.15) is 161 Å². The lowest BCUT2D eigenvalue weighted by Gasteiger charge is -2.20. The lowest BCUT2D eigenvalue weighted by atomic mass is 10.0. The minimum Gasteiger partial charge on any atom is -0.493 e. The van der Waals surface area contributed by atoms with E-state index in [2.05, 4.69) is 46.1 Å². The molecular weight excluding hydrogens is 555 g/mol. The van der Waals surface area contributed by atoms with E-state index in [4.69, 9.17) is 4.74 Å². The molecule has 0 N–H and O–H groups in total. The minimum absolute atomic E-state index is 0.0775. The van der Waals surface area contributed by atoms with E-state index in [9.17, 15) is 9.18 Å². The number of hydrogen-bond donors (Lipinski definition) is 0. The molecule has 45 heavy (non-hydrogen) atoms. The molecule has 3 heteroatoms. The molecule has 0 saturated heterocycles. The van der Waals surface area contributed by atoms with Crippen LogP contribution in [0.15, 0.2) is 54.8 Å². The molecule has 2 nitrogen and oxygen atoms in total. The van der Waals surface area contributed by atoms with Crippen LogP contribution < -0.4 is 0 Å². The average Bonchev–Trinajstić information content (AvgIpc) is 2.96. The first-order valence-corrected chi connectivity index (χ1v) is 16.9. The van der Waals surface area contributed by atoms with Gasteiger partial charge in [0.1, 0.15) is 11.4 Å². The van der Waals surface area contributed by atoms with E-state index in [0.29, 0.717) is 5.56 Å². The second-order valence-corrected chi connectivity index (χ2v) is 12.1. The molecular formula is C42H67FO2. The first-order chi connectivity index (χ1) is 21.1. The Labute approximate surface area is 279 Å². The van der Waals surface area contributed by atoms with E-state index in [-0.39, 0.29) is 17.2 Å². The smallest absolute Gasteiger partial charge is 0.160 e. The van der Waals surface area contributed by atoms with E-state index in [1.807, 2.05) is 91.8 Å². The molecule has 2 aromatic carbocycles. The molecule has 2 rings (SSSR count). The summed E-state index contributed by atoms with van der Waals surface area (Å²) in [4.78, 5) is 11.5. The van der Waals surface area contributed by atoms with Crippen LogP contribution >= 0.6 is 0 Å². The summed E-state index contributed by atoms with van der Waals surface area (Å²) in [5.74, 6) is 8.07. The zero-order chi connectivity index (χ0) is 35.4. The monoisotopic (exact) mass is 623 g/mol. The molecule has 0 fully saturated rings. The second-order valence-electron chi connectivity index (χ2n) is 12.1. The van der Waals surface area contributed by atoms with Gasteiger partial charge in [-0.05, 0) is 109 Å². The van der Waals surface area contributed by atoms with Crippen LogP contribution in [0, 0.1) is 37.4 Å². The summed E-state index contributed by atoms with van der Waals surface area (Å²) in [6.45, 7) is 31.7. The van der Waals surface area contributed by atoms with E-state index in [1.54, 1.807) is 19.9 Å². The maximum atomic E-state index is 12.6. The number of unbranched alkanes of at least 4 members (excludes halogenated alkanes) is 3. The summed E-state index contributed by atoms with van der Waals surface area (Å²) in [5.41, 5.74) is 4.30. The minimum atomic E-state index is -0.116. The Balaban J connectivity index is -0.000000567. The Bertz CT molecular complexity index is 1160. The van der Waals surface area contributed by atoms with Crippen LogP contribution in [-0.4, -0.2) is 11.4 Å². The van der Waals surface area contributed by atoms with Crippen molar-refractivity contribution in [3.05, 3.63) is 88.4 Å². The van der Waals surface area contributed by atoms with Crippen LogP contribution in [0.3, 0.4) is 0 Å². The molecule has 0 radical (unpaired) electrons. The first-order valence-electron chi connectivity index (χ1n) is 16.9. The van der Waals surface area contributed by atoms with Gasteiger partial charge in [-0.2, -0.15) is 0 Å². The van der Waals surface area contributed by atoms with E-state index < -0.39 is 0 Å². The molecule has 0 heterocycles. The summed E-state index contributed by atoms with van der Waals surface area (Å²) in [7, 11) is 0. The second kappa shape index (κ2) is 28.4. The quantitative estimate of drug-likeness (QED) is 0.120. The molecule has 1 atom stereocenters. The van der Waals surface area contributed by atoms with E-state index in [0.717, 1.165) is 46.8 Å². The van der Waals surface area contributed by atoms with Crippen LogP contribution in [0.2, 0.25) is 0 Å². The maximum absolute atomic E-state index is 12.6. The van der Waals surface area contributed by atoms with Crippen LogP contribution in [0.25, 0.3) is 6.08 Å². The van der Waals surface area contributed by atoms with Crippen molar-refractivity contribution in [2.45, 2.75) is 147 Å². The molecule has 0 spiro atoms. The van der Waals surface area contributed by atoms with Gasteiger partial charge in [0, 0.05) is 17.5 Å². The van der Waals surface area contributed by atoms with Gasteiger partial charge in [-0.25, -0.2) is 4.39 Å². The number of halogens is 1. The summed E-state index contributed by atoms with van der Waals surface area (Å²) < 4.78 is 17.8. The Hall–Kier alpha value is -3.12. The first kappa shape index (κ1) is 46.3. The van der Waals surface area contributed by atoms with Crippen LogP contribution in [-0.2, 0) is 4.74 Å². The number of ketones is 1. The van der Waals surface area contributed by atoms with Gasteiger partial charge in [0.25, 0.3) is 0 Å². The highest BCUT2D eigenvalue weighted by molar-refractivity contribution is 5.97. The molecule has 0 aliphatic rings. The predicted octanol–water partition coefficient (Wildman–Crippen LogP) is 13.5. The number of carbonyl (C=O) groups excluding carboxylic acids is 1. The summed E-state index contributed by atoms with van der Waals surface area (Å²) in [6, 6.07) is 11.0. The zero-order valence-corrected chi connectivity index (χ0v) is 31.5. The van der Waals surface area contributed by atoms with Gasteiger partial charge in [0.2, 0.25) is 0 Å². The van der Waals surface area contributed by atoms with Crippen molar-refractivity contribution in [3.8, 4) is 11.8 Å². The average molecular weight is 623 g/mol. The van der Waals surface area contributed by atoms with Crippen molar-refractivity contribution < 1.29 is 13.9 Å². The van der Waals surface area contributed by atoms with Crippen molar-refractivity contribution >= 4 is 11.9 Å². The molecule has 0 amide bonds. The number of rotatable bonds is 9. The maximum Gasteiger partial charge on any atom is 0.160 e. The topological polar surface area (TPSA) is 26.3 Å². The summed E-state index contributed by atoms with van der Waals surface area (Å²) >= 11 is 0. The third kappa shape index (κ3) is 28.1. The fourth-order valence-corrected chi connectivity index (χ4v) is 3.82. The fraction of sp³-hybridized carbons (Fsp3) is 0.548. The fourth-order valence-electron chi connectivity index (χ4n) is 3.82. The van der Waals surface area contributed by atoms with Gasteiger partial charge in [0.15, 0.2) is 5.78 Å². The van der Waals surface area contributed by atoms with Gasteiger partial charge < -0.3 is 4.74 Å². The SMILES string of the molecule is C/C=C\c1cc(C#CCCCCC)ccc1C(C)=O.C=C(C)OC(C)(C)C.CC.CCCC(C)CC.Cc1ccc(C)c(F)c1. The van der Waals surface area contributed by atoms with Crippen molar-refractivity contribution in [3.63, 3.8) is 0 Å². The van der Waals surface area contributed by atoms with Gasteiger partial charge in [-0.15, -0.1) is 0 Å². The number of aryl methyl sites for hydroxylation is 2. The highest BCUT2D eigenvalue weighted by atomic mass is 19.1. The number of carbonyl (C=O) groups is 1. The predicted molar refractivity (Wildman–Crippen MR) is 199 cm³/mol. The van der Waals surface area contributed by atoms with Crippen LogP contribution in [0.5, 0.6) is 0 Å². The number of hydrogen-bond acceptors (Lipinski definition) is 2. The molecule has 1 unspecified atom stereocenters. The van der Waals surface area contributed by atoms with Crippen molar-refractivity contribution in [1.82, 2.24) is 0 Å². The Morgan fingerprint density at radius 2 is 1.62 bits per heavy atom. The van der Waals surface area contributed by atoms with Gasteiger partial charge in [0.05, 0.1) is 5.76 Å². The van der Waals surface area contributed by atoms with Crippen molar-refractivity contribution in [2.24, 2.45) is 5.92 Å². The van der Waals surface area contributed by atoms with Gasteiger partial charge >= 0.3 is 0 Å². The molecule has 0 aromatic heterocycles. The summed E-state index contributed by atoms with van der Waals surface area (Å²) in [5, 5.41) is 0. The van der Waals surface area contributed by atoms with Crippen LogP contribution in [0.4, 0.5) is 4.39 Å². The normalized spacial score (nSPS) is 10.6. The number of ether oxygens (including phenoxy) is 1. The van der Waals surface area contributed by atoms with Crippen molar-refractivity contribution in [2.75, 3.05) is 0 Å². The zero-order valence-electron chi connectivity index (χ0n) is 31.5. The molecule has 0 bridgehead atoms. The molecule has 2 aromatic rings. The summed E-state index contributed by atoms with van der Waals surface area (Å²) in [6.07, 6.45) is 12.6. The van der Waals surface area contributed by atoms with Gasteiger partial charge in [-0.3, -0.25) is 4.79 Å². The van der Waals surface area contributed by atoms with Gasteiger partial charge in [-0.1, -0.05) is 116 Å². The van der Waals surface area contributed by atoms with E-state index >= 15 is 0 Å². The third-order valence-corrected chi connectivity index (χ3v) is 6.20. The number of allylic oxidation sites excluding steroid dienone is 2. The van der Waals surface area contributed by atoms with E-state index in [1.165, 1.54) is 38.2 Å². The van der Waals surface area contributed by atoms with Crippen molar-refractivity contribution in [1.29, 1.82) is 0 Å². The number of Topliss-reactive ketones (excluding diaryl/α,β-unsaturated/α-hetero) is 1. The Kier molecular flexibility index (Phi) is 29.2. The molecule has 0 aliphatic carbocycles. The lowest BCUT2D eigenvalue weighted by Crippen LogP contribution is -2.17. The lowest BCUT2D eigenvalue weighted by molar-refractivity contribution is 0.0544. The third-order valence-electron chi connectivity index (χ3n) is 6.20. The number of benzene rings is 2. The Morgan fingerprint density at radius 1 is 1.00 bits per heavy atom. The molecule has 254 valence electrons. The standard InChI is InChI=1S/C18H22O.C8H9F.C7H14O.C7H16.C2H6/c1-4-6-7-8-9-11-16-12-13-18(15(3)19)17(14-16)10-5-2;1-6-3-4-7(2)8(9)5-6;1-6(2)8-7(3,4)5;1-4-6-7(3)5-2;1-2/h5,10,12-14H,4,6-8H2,1-3H3;3-5H,1-2H3;1H2,2-5H3;7H,4-6H2,1-3H3;1-2H3/b10-5-;;;;.